The van der Waals surface area contributed by atoms with Gasteiger partial charge in [-0.05, 0) is 23.3 Å². The average Bonchev–Trinajstić information content (AvgIpc) is 2.92. The van der Waals surface area contributed by atoms with Crippen LogP contribution >= 0.6 is 11.3 Å². The van der Waals surface area contributed by atoms with E-state index in [0.717, 1.165) is 16.3 Å². The highest BCUT2D eigenvalue weighted by molar-refractivity contribution is 7.91. The van der Waals surface area contributed by atoms with Gasteiger partial charge >= 0.3 is 0 Å². The Hall–Kier alpha value is -1.69. The van der Waals surface area contributed by atoms with Gasteiger partial charge in [0.1, 0.15) is 4.21 Å². The Bertz CT molecular complexity index is 854. The summed E-state index contributed by atoms with van der Waals surface area (Å²) in [7, 11) is -3.52. The molecule has 1 aromatic heterocycles. The van der Waals surface area contributed by atoms with Crippen LogP contribution in [0.5, 0.6) is 0 Å². The molecule has 1 atom stereocenters. The van der Waals surface area contributed by atoms with Crippen molar-refractivity contribution in [2.45, 2.75) is 17.2 Å². The summed E-state index contributed by atoms with van der Waals surface area (Å²) in [6.07, 6.45) is 0. The molecule has 0 spiro atoms. The quantitative estimate of drug-likeness (QED) is 0.792. The average molecular weight is 317 g/mol. The second-order valence-electron chi connectivity index (χ2n) is 4.86. The number of sulfonamides is 1. The van der Waals surface area contributed by atoms with Crippen molar-refractivity contribution < 1.29 is 8.42 Å². The standard InChI is InChI=1S/C16H15NO2S2/c1-12(13-7-3-2-4-8-13)17-21(18,19)16-15-10-6-5-9-14(15)11-20-16/h2-12,17H,1H3. The van der Waals surface area contributed by atoms with E-state index in [1.807, 2.05) is 66.9 Å². The fourth-order valence-corrected chi connectivity index (χ4v) is 5.00. The molecule has 0 saturated carbocycles. The maximum Gasteiger partial charge on any atom is 0.251 e. The highest BCUT2D eigenvalue weighted by Gasteiger charge is 2.22. The van der Waals surface area contributed by atoms with Crippen molar-refractivity contribution in [2.24, 2.45) is 0 Å². The van der Waals surface area contributed by atoms with Crippen LogP contribution < -0.4 is 4.72 Å². The summed E-state index contributed by atoms with van der Waals surface area (Å²) in [6, 6.07) is 16.8. The van der Waals surface area contributed by atoms with Crippen molar-refractivity contribution in [2.75, 3.05) is 0 Å². The van der Waals surface area contributed by atoms with Crippen molar-refractivity contribution >= 4 is 32.1 Å². The second-order valence-corrected chi connectivity index (χ2v) is 7.65. The van der Waals surface area contributed by atoms with Crippen LogP contribution in [-0.4, -0.2) is 8.42 Å². The molecule has 0 radical (unpaired) electrons. The van der Waals surface area contributed by atoms with Gasteiger partial charge in [-0.15, -0.1) is 11.3 Å². The van der Waals surface area contributed by atoms with Gasteiger partial charge in [-0.25, -0.2) is 13.1 Å². The van der Waals surface area contributed by atoms with Gasteiger partial charge in [0.2, 0.25) is 0 Å². The highest BCUT2D eigenvalue weighted by atomic mass is 32.2. The second kappa shape index (κ2) is 5.60. The molecule has 1 heterocycles. The van der Waals surface area contributed by atoms with Crippen LogP contribution in [0.2, 0.25) is 0 Å². The van der Waals surface area contributed by atoms with E-state index in [-0.39, 0.29) is 6.04 Å². The predicted octanol–water partition coefficient (Wildman–Crippen LogP) is 3.94. The Morgan fingerprint density at radius 1 is 1.00 bits per heavy atom. The van der Waals surface area contributed by atoms with E-state index in [2.05, 4.69) is 4.72 Å². The Morgan fingerprint density at radius 2 is 1.67 bits per heavy atom. The van der Waals surface area contributed by atoms with Crippen LogP contribution in [0.15, 0.2) is 64.2 Å². The Balaban J connectivity index is 1.94. The lowest BCUT2D eigenvalue weighted by molar-refractivity contribution is 0.570. The zero-order valence-corrected chi connectivity index (χ0v) is 13.1. The van der Waals surface area contributed by atoms with Gasteiger partial charge in [0.15, 0.2) is 0 Å². The Kier molecular flexibility index (Phi) is 3.80. The van der Waals surface area contributed by atoms with E-state index < -0.39 is 10.0 Å². The van der Waals surface area contributed by atoms with Crippen LogP contribution in [0.3, 0.4) is 0 Å². The third kappa shape index (κ3) is 2.85. The van der Waals surface area contributed by atoms with Gasteiger partial charge in [-0.1, -0.05) is 54.6 Å². The molecule has 0 amide bonds. The Morgan fingerprint density at radius 3 is 2.43 bits per heavy atom. The van der Waals surface area contributed by atoms with Crippen LogP contribution in [0.1, 0.15) is 18.5 Å². The van der Waals surface area contributed by atoms with Gasteiger partial charge < -0.3 is 0 Å². The molecule has 108 valence electrons. The maximum absolute atomic E-state index is 12.6. The van der Waals surface area contributed by atoms with Crippen molar-refractivity contribution in [1.29, 1.82) is 0 Å². The molecular weight excluding hydrogens is 302 g/mol. The summed E-state index contributed by atoms with van der Waals surface area (Å²) in [4.78, 5) is 0. The summed E-state index contributed by atoms with van der Waals surface area (Å²) in [6.45, 7) is 1.85. The molecule has 1 N–H and O–H groups in total. The Labute approximate surface area is 128 Å². The maximum atomic E-state index is 12.6. The summed E-state index contributed by atoms with van der Waals surface area (Å²) in [5, 5.41) is 3.60. The molecule has 3 rings (SSSR count). The number of fused-ring (bicyclic) bond motifs is 1. The third-order valence-corrected chi connectivity index (χ3v) is 6.47. The lowest BCUT2D eigenvalue weighted by Crippen LogP contribution is -2.26. The molecule has 0 fully saturated rings. The first-order chi connectivity index (χ1) is 10.1. The van der Waals surface area contributed by atoms with Crippen molar-refractivity contribution in [3.63, 3.8) is 0 Å². The molecule has 0 bridgehead atoms. The van der Waals surface area contributed by atoms with Crippen molar-refractivity contribution in [1.82, 2.24) is 4.72 Å². The number of thiophene rings is 1. The first kappa shape index (κ1) is 14.3. The van der Waals surface area contributed by atoms with Crippen LogP contribution in [-0.2, 0) is 10.0 Å². The highest BCUT2D eigenvalue weighted by Crippen LogP contribution is 2.30. The number of hydrogen-bond donors (Lipinski definition) is 1. The van der Waals surface area contributed by atoms with Gasteiger partial charge in [0.05, 0.1) is 0 Å². The first-order valence-electron chi connectivity index (χ1n) is 6.61. The zero-order valence-electron chi connectivity index (χ0n) is 11.5. The largest absolute Gasteiger partial charge is 0.251 e. The summed E-state index contributed by atoms with van der Waals surface area (Å²) in [5.74, 6) is 0. The predicted molar refractivity (Wildman–Crippen MR) is 87.0 cm³/mol. The van der Waals surface area contributed by atoms with Gasteiger partial charge in [-0.3, -0.25) is 0 Å². The zero-order chi connectivity index (χ0) is 14.9. The van der Waals surface area contributed by atoms with Gasteiger partial charge in [-0.2, -0.15) is 0 Å². The minimum Gasteiger partial charge on any atom is -0.206 e. The molecular formula is C16H15NO2S2. The van der Waals surface area contributed by atoms with Crippen LogP contribution in [0.25, 0.3) is 10.8 Å². The van der Waals surface area contributed by atoms with E-state index in [1.165, 1.54) is 11.3 Å². The monoisotopic (exact) mass is 317 g/mol. The number of benzene rings is 2. The van der Waals surface area contributed by atoms with E-state index in [1.54, 1.807) is 0 Å². The molecule has 2 aromatic carbocycles. The number of hydrogen-bond acceptors (Lipinski definition) is 3. The fourth-order valence-electron chi connectivity index (χ4n) is 2.27. The molecule has 3 nitrogen and oxygen atoms in total. The lowest BCUT2D eigenvalue weighted by atomic mass is 10.1. The summed E-state index contributed by atoms with van der Waals surface area (Å²) < 4.78 is 28.3. The topological polar surface area (TPSA) is 46.2 Å². The summed E-state index contributed by atoms with van der Waals surface area (Å²) >= 11 is 1.26. The minimum absolute atomic E-state index is 0.267. The smallest absolute Gasteiger partial charge is 0.206 e. The lowest BCUT2D eigenvalue weighted by Gasteiger charge is -2.14. The van der Waals surface area contributed by atoms with Crippen molar-refractivity contribution in [3.8, 4) is 0 Å². The molecule has 5 heteroatoms. The van der Waals surface area contributed by atoms with Crippen LogP contribution in [0.4, 0.5) is 0 Å². The molecule has 1 unspecified atom stereocenters. The van der Waals surface area contributed by atoms with E-state index in [0.29, 0.717) is 4.21 Å². The third-order valence-electron chi connectivity index (χ3n) is 3.35. The van der Waals surface area contributed by atoms with Gasteiger partial charge in [0, 0.05) is 11.4 Å². The molecule has 0 aliphatic rings. The van der Waals surface area contributed by atoms with E-state index >= 15 is 0 Å². The number of nitrogens with one attached hydrogen (secondary N) is 1. The molecule has 0 saturated heterocycles. The SMILES string of the molecule is CC(NS(=O)(=O)c1scc2ccccc12)c1ccccc1. The van der Waals surface area contributed by atoms with Gasteiger partial charge in [0.25, 0.3) is 10.0 Å². The number of rotatable bonds is 4. The molecule has 0 aliphatic heterocycles. The van der Waals surface area contributed by atoms with Crippen LogP contribution in [0, 0.1) is 0 Å². The van der Waals surface area contributed by atoms with Crippen molar-refractivity contribution in [3.05, 3.63) is 65.5 Å². The molecule has 0 aliphatic carbocycles. The van der Waals surface area contributed by atoms with E-state index in [9.17, 15) is 8.42 Å². The molecule has 21 heavy (non-hydrogen) atoms. The minimum atomic E-state index is -3.52. The fraction of sp³-hybridized carbons (Fsp3) is 0.125. The normalized spacial score (nSPS) is 13.4. The molecule has 3 aromatic rings. The van der Waals surface area contributed by atoms with E-state index in [4.69, 9.17) is 0 Å². The first-order valence-corrected chi connectivity index (χ1v) is 8.98. The summed E-state index contributed by atoms with van der Waals surface area (Å²) in [5.41, 5.74) is 0.946.